The molecule has 0 unspecified atom stereocenters. The number of benzene rings is 1. The molecule has 3 heterocycles. The van der Waals surface area contributed by atoms with E-state index in [4.69, 9.17) is 4.74 Å². The molecule has 162 valence electrons. The molecule has 2 fully saturated rings. The molecule has 1 aromatic heterocycles. The van der Waals surface area contributed by atoms with E-state index in [1.54, 1.807) is 30.6 Å². The van der Waals surface area contributed by atoms with E-state index in [9.17, 15) is 16.8 Å². The summed E-state index contributed by atoms with van der Waals surface area (Å²) < 4.78 is 56.5. The Bertz CT molecular complexity index is 1080. The van der Waals surface area contributed by atoms with Crippen molar-refractivity contribution in [1.29, 1.82) is 0 Å². The third-order valence-corrected chi connectivity index (χ3v) is 9.81. The van der Waals surface area contributed by atoms with Crippen LogP contribution in [0.25, 0.3) is 0 Å². The number of ether oxygens (including phenoxy) is 1. The molecule has 11 heteroatoms. The van der Waals surface area contributed by atoms with Crippen molar-refractivity contribution in [2.24, 2.45) is 0 Å². The summed E-state index contributed by atoms with van der Waals surface area (Å²) in [5.74, 6) is 0.672. The molecule has 4 rings (SSSR count). The summed E-state index contributed by atoms with van der Waals surface area (Å²) in [6.45, 7) is 2.31. The number of methoxy groups -OCH3 is 1. The molecule has 0 bridgehead atoms. The lowest BCUT2D eigenvalue weighted by atomic mass is 10.2. The lowest BCUT2D eigenvalue weighted by Crippen LogP contribution is -2.55. The SMILES string of the molecule is COc1ccc(S(=O)(=O)[C@H]2CS(=O)(=O)C[C@@H]2N2CCN(c3ncccn3)CC2)cc1. The minimum absolute atomic E-state index is 0.117. The Morgan fingerprint density at radius 2 is 1.63 bits per heavy atom. The van der Waals surface area contributed by atoms with Crippen LogP contribution in [0.3, 0.4) is 0 Å². The topological polar surface area (TPSA) is 110 Å². The summed E-state index contributed by atoms with van der Waals surface area (Å²) in [5.41, 5.74) is 0. The van der Waals surface area contributed by atoms with Crippen LogP contribution >= 0.6 is 0 Å². The Kier molecular flexibility index (Phi) is 5.69. The van der Waals surface area contributed by atoms with Gasteiger partial charge < -0.3 is 9.64 Å². The van der Waals surface area contributed by atoms with Crippen LogP contribution in [0.5, 0.6) is 5.75 Å². The van der Waals surface area contributed by atoms with Crippen molar-refractivity contribution in [3.8, 4) is 5.75 Å². The van der Waals surface area contributed by atoms with E-state index < -0.39 is 31.0 Å². The average molecular weight is 453 g/mol. The van der Waals surface area contributed by atoms with Gasteiger partial charge in [0.1, 0.15) is 5.75 Å². The largest absolute Gasteiger partial charge is 0.497 e. The van der Waals surface area contributed by atoms with E-state index in [1.807, 2.05) is 9.80 Å². The van der Waals surface area contributed by atoms with Gasteiger partial charge >= 0.3 is 0 Å². The molecular formula is C19H24N4O5S2. The van der Waals surface area contributed by atoms with Gasteiger partial charge in [0.05, 0.1) is 28.8 Å². The number of rotatable bonds is 5. The van der Waals surface area contributed by atoms with Gasteiger partial charge in [0.25, 0.3) is 0 Å². The molecule has 2 aliphatic heterocycles. The maximum atomic E-state index is 13.3. The van der Waals surface area contributed by atoms with Gasteiger partial charge in [-0.05, 0) is 30.3 Å². The standard InChI is InChI=1S/C19H24N4O5S2/c1-28-15-3-5-16(6-4-15)30(26,27)18-14-29(24,25)13-17(18)22-9-11-23(12-10-22)19-20-7-2-8-21-19/h2-8,17-18H,9-14H2,1H3/t17-,18-/m0/s1. The van der Waals surface area contributed by atoms with Crippen molar-refractivity contribution in [2.45, 2.75) is 16.2 Å². The van der Waals surface area contributed by atoms with Gasteiger partial charge in [0, 0.05) is 44.6 Å². The molecule has 2 saturated heterocycles. The molecule has 30 heavy (non-hydrogen) atoms. The Morgan fingerprint density at radius 3 is 2.23 bits per heavy atom. The summed E-state index contributed by atoms with van der Waals surface area (Å²) >= 11 is 0. The summed E-state index contributed by atoms with van der Waals surface area (Å²) in [5, 5.41) is -0.990. The van der Waals surface area contributed by atoms with Crippen LogP contribution < -0.4 is 9.64 Å². The molecule has 1 aromatic carbocycles. The summed E-state index contributed by atoms with van der Waals surface area (Å²) in [6.07, 6.45) is 3.35. The van der Waals surface area contributed by atoms with Crippen LogP contribution in [0.4, 0.5) is 5.95 Å². The van der Waals surface area contributed by atoms with E-state index in [0.29, 0.717) is 37.9 Å². The molecule has 0 N–H and O–H groups in total. The molecule has 2 aromatic rings. The Labute approximate surface area is 176 Å². The summed E-state index contributed by atoms with van der Waals surface area (Å²) in [6, 6.07) is 7.27. The van der Waals surface area contributed by atoms with Gasteiger partial charge in [0.2, 0.25) is 5.95 Å². The second-order valence-corrected chi connectivity index (χ2v) is 11.8. The van der Waals surface area contributed by atoms with Crippen molar-refractivity contribution in [2.75, 3.05) is 49.7 Å². The summed E-state index contributed by atoms with van der Waals surface area (Å²) in [7, 11) is -5.76. The van der Waals surface area contributed by atoms with Crippen molar-refractivity contribution in [1.82, 2.24) is 14.9 Å². The first-order valence-corrected chi connectivity index (χ1v) is 13.0. The molecule has 2 aliphatic rings. The Hall–Kier alpha value is -2.24. The monoisotopic (exact) mass is 452 g/mol. The predicted octanol–water partition coefficient (Wildman–Crippen LogP) is 0.247. The molecule has 0 radical (unpaired) electrons. The number of aromatic nitrogens is 2. The molecule has 9 nitrogen and oxygen atoms in total. The van der Waals surface area contributed by atoms with Crippen LogP contribution in [0.1, 0.15) is 0 Å². The first-order valence-electron chi connectivity index (χ1n) is 9.64. The highest BCUT2D eigenvalue weighted by Gasteiger charge is 2.48. The summed E-state index contributed by atoms with van der Waals surface area (Å²) in [4.78, 5) is 12.6. The number of hydrogen-bond acceptors (Lipinski definition) is 9. The Balaban J connectivity index is 1.54. The molecule has 0 saturated carbocycles. The number of piperazine rings is 1. The van der Waals surface area contributed by atoms with Crippen LogP contribution in [0, 0.1) is 0 Å². The lowest BCUT2D eigenvalue weighted by molar-refractivity contribution is 0.201. The maximum absolute atomic E-state index is 13.3. The first-order chi connectivity index (χ1) is 14.3. The van der Waals surface area contributed by atoms with E-state index in [1.165, 1.54) is 19.2 Å². The molecule has 0 amide bonds. The lowest BCUT2D eigenvalue weighted by Gasteiger charge is -2.39. The fourth-order valence-corrected chi connectivity index (χ4v) is 8.91. The zero-order chi connectivity index (χ0) is 21.4. The van der Waals surface area contributed by atoms with Crippen LogP contribution in [-0.2, 0) is 19.7 Å². The van der Waals surface area contributed by atoms with Crippen molar-refractivity contribution in [3.05, 3.63) is 42.7 Å². The highest BCUT2D eigenvalue weighted by molar-refractivity contribution is 7.96. The fraction of sp³-hybridized carbons (Fsp3) is 0.474. The van der Waals surface area contributed by atoms with E-state index >= 15 is 0 Å². The fourth-order valence-electron chi connectivity index (χ4n) is 4.08. The van der Waals surface area contributed by atoms with Crippen molar-refractivity contribution < 1.29 is 21.6 Å². The second-order valence-electron chi connectivity index (χ2n) is 7.48. The molecule has 0 spiro atoms. The van der Waals surface area contributed by atoms with Gasteiger partial charge in [-0.3, -0.25) is 4.90 Å². The number of nitrogens with zero attached hydrogens (tertiary/aromatic N) is 4. The Morgan fingerprint density at radius 1 is 1.00 bits per heavy atom. The van der Waals surface area contributed by atoms with Crippen LogP contribution in [-0.4, -0.2) is 87.8 Å². The van der Waals surface area contributed by atoms with E-state index in [-0.39, 0.29) is 16.4 Å². The zero-order valence-corrected chi connectivity index (χ0v) is 18.2. The second kappa shape index (κ2) is 8.12. The van der Waals surface area contributed by atoms with Crippen molar-refractivity contribution in [3.63, 3.8) is 0 Å². The average Bonchev–Trinajstić information content (AvgIpc) is 3.11. The first kappa shape index (κ1) is 21.0. The van der Waals surface area contributed by atoms with Gasteiger partial charge in [0.15, 0.2) is 19.7 Å². The maximum Gasteiger partial charge on any atom is 0.225 e. The van der Waals surface area contributed by atoms with Crippen LogP contribution in [0.15, 0.2) is 47.6 Å². The highest BCUT2D eigenvalue weighted by atomic mass is 32.2. The number of sulfone groups is 2. The predicted molar refractivity (Wildman–Crippen MR) is 112 cm³/mol. The number of anilines is 1. The quantitative estimate of drug-likeness (QED) is 0.630. The molecular weight excluding hydrogens is 428 g/mol. The van der Waals surface area contributed by atoms with Gasteiger partial charge in [-0.1, -0.05) is 0 Å². The third kappa shape index (κ3) is 4.14. The zero-order valence-electron chi connectivity index (χ0n) is 16.6. The van der Waals surface area contributed by atoms with Crippen LogP contribution in [0.2, 0.25) is 0 Å². The smallest absolute Gasteiger partial charge is 0.225 e. The normalized spacial score (nSPS) is 24.6. The van der Waals surface area contributed by atoms with E-state index in [0.717, 1.165) is 0 Å². The molecule has 2 atom stereocenters. The highest BCUT2D eigenvalue weighted by Crippen LogP contribution is 2.30. The van der Waals surface area contributed by atoms with E-state index in [2.05, 4.69) is 9.97 Å². The van der Waals surface area contributed by atoms with Gasteiger partial charge in [-0.2, -0.15) is 0 Å². The van der Waals surface area contributed by atoms with Gasteiger partial charge in [-0.25, -0.2) is 26.8 Å². The van der Waals surface area contributed by atoms with Crippen molar-refractivity contribution >= 4 is 25.6 Å². The molecule has 0 aliphatic carbocycles. The number of hydrogen-bond donors (Lipinski definition) is 0. The minimum Gasteiger partial charge on any atom is -0.497 e. The van der Waals surface area contributed by atoms with Gasteiger partial charge in [-0.15, -0.1) is 0 Å². The minimum atomic E-state index is -3.81. The third-order valence-electron chi connectivity index (χ3n) is 5.68.